The van der Waals surface area contributed by atoms with Gasteiger partial charge in [-0.05, 0) is 23.6 Å². The van der Waals surface area contributed by atoms with E-state index in [1.54, 1.807) is 12.4 Å². The van der Waals surface area contributed by atoms with Gasteiger partial charge in [0.1, 0.15) is 6.29 Å². The second-order valence-electron chi connectivity index (χ2n) is 2.55. The zero-order valence-electron chi connectivity index (χ0n) is 6.86. The Morgan fingerprint density at radius 2 is 2.50 bits per heavy atom. The Hall–Kier alpha value is -1.44. The van der Waals surface area contributed by atoms with Crippen LogP contribution in [0.1, 0.15) is 18.4 Å². The largest absolute Gasteiger partial charge is 0.303 e. The molecule has 2 heteroatoms. The van der Waals surface area contributed by atoms with Crippen LogP contribution in [-0.2, 0) is 4.79 Å². The van der Waals surface area contributed by atoms with Crippen molar-refractivity contribution in [3.05, 3.63) is 36.7 Å². The highest BCUT2D eigenvalue weighted by Crippen LogP contribution is 2.14. The van der Waals surface area contributed by atoms with Crippen LogP contribution >= 0.6 is 0 Å². The van der Waals surface area contributed by atoms with Crippen LogP contribution in [0.2, 0.25) is 0 Å². The quantitative estimate of drug-likeness (QED) is 0.633. The van der Waals surface area contributed by atoms with E-state index in [4.69, 9.17) is 0 Å². The minimum Gasteiger partial charge on any atom is -0.303 e. The van der Waals surface area contributed by atoms with Gasteiger partial charge in [-0.2, -0.15) is 0 Å². The summed E-state index contributed by atoms with van der Waals surface area (Å²) in [4.78, 5) is 14.0. The van der Waals surface area contributed by atoms with Gasteiger partial charge in [0.05, 0.1) is 0 Å². The van der Waals surface area contributed by atoms with Gasteiger partial charge in [0.25, 0.3) is 0 Å². The molecule has 0 atom stereocenters. The molecule has 0 bridgehead atoms. The van der Waals surface area contributed by atoms with Crippen molar-refractivity contribution >= 4 is 11.9 Å². The summed E-state index contributed by atoms with van der Waals surface area (Å²) in [6.07, 6.45) is 5.63. The van der Waals surface area contributed by atoms with Gasteiger partial charge in [-0.15, -0.1) is 0 Å². The highest BCUT2D eigenvalue weighted by atomic mass is 16.1. The van der Waals surface area contributed by atoms with Crippen molar-refractivity contribution in [2.75, 3.05) is 0 Å². The molecule has 1 heterocycles. The van der Waals surface area contributed by atoms with Gasteiger partial charge in [-0.25, -0.2) is 0 Å². The lowest BCUT2D eigenvalue weighted by Gasteiger charge is -2.00. The molecule has 0 spiro atoms. The van der Waals surface area contributed by atoms with E-state index < -0.39 is 0 Å². The number of aldehydes is 1. The van der Waals surface area contributed by atoms with Crippen molar-refractivity contribution in [3.63, 3.8) is 0 Å². The first kappa shape index (κ1) is 8.65. The Kier molecular flexibility index (Phi) is 3.20. The van der Waals surface area contributed by atoms with Crippen molar-refractivity contribution in [2.45, 2.75) is 12.8 Å². The molecular weight excluding hydrogens is 150 g/mol. The Bertz CT molecular complexity index is 266. The number of carbonyl (C=O) groups is 1. The lowest BCUT2D eigenvalue weighted by Crippen LogP contribution is -1.84. The Balaban J connectivity index is 2.59. The predicted octanol–water partition coefficient (Wildman–Crippen LogP) is 2.07. The van der Waals surface area contributed by atoms with Crippen molar-refractivity contribution in [1.29, 1.82) is 0 Å². The van der Waals surface area contributed by atoms with Crippen LogP contribution in [0.3, 0.4) is 0 Å². The molecule has 0 N–H and O–H groups in total. The van der Waals surface area contributed by atoms with E-state index >= 15 is 0 Å². The van der Waals surface area contributed by atoms with Crippen molar-refractivity contribution in [2.24, 2.45) is 0 Å². The molecule has 0 unspecified atom stereocenters. The SMILES string of the molecule is C=C(CCC=O)c1cccnc1. The van der Waals surface area contributed by atoms with Crippen LogP contribution in [0.4, 0.5) is 0 Å². The average molecular weight is 161 g/mol. The van der Waals surface area contributed by atoms with E-state index in [0.29, 0.717) is 6.42 Å². The third-order valence-corrected chi connectivity index (χ3v) is 1.63. The number of allylic oxidation sites excluding steroid dienone is 1. The van der Waals surface area contributed by atoms with Gasteiger partial charge in [0, 0.05) is 18.8 Å². The van der Waals surface area contributed by atoms with Gasteiger partial charge < -0.3 is 4.79 Å². The molecule has 0 amide bonds. The highest BCUT2D eigenvalue weighted by Gasteiger charge is 1.96. The molecule has 0 saturated carbocycles. The van der Waals surface area contributed by atoms with E-state index in [1.807, 2.05) is 12.1 Å². The van der Waals surface area contributed by atoms with Crippen molar-refractivity contribution in [3.8, 4) is 0 Å². The summed E-state index contributed by atoms with van der Waals surface area (Å²) >= 11 is 0. The molecule has 0 fully saturated rings. The zero-order chi connectivity index (χ0) is 8.81. The maximum atomic E-state index is 10.1. The summed E-state index contributed by atoms with van der Waals surface area (Å²) in [5, 5.41) is 0. The van der Waals surface area contributed by atoms with E-state index in [9.17, 15) is 4.79 Å². The van der Waals surface area contributed by atoms with Gasteiger partial charge >= 0.3 is 0 Å². The fourth-order valence-electron chi connectivity index (χ4n) is 0.949. The molecule has 1 aromatic heterocycles. The molecule has 0 saturated heterocycles. The molecule has 0 aliphatic carbocycles. The predicted molar refractivity (Wildman–Crippen MR) is 48.6 cm³/mol. The monoisotopic (exact) mass is 161 g/mol. The zero-order valence-corrected chi connectivity index (χ0v) is 6.86. The summed E-state index contributed by atoms with van der Waals surface area (Å²) in [5.74, 6) is 0. The number of aromatic nitrogens is 1. The number of hydrogen-bond acceptors (Lipinski definition) is 2. The van der Waals surface area contributed by atoms with Gasteiger partial charge in [0.15, 0.2) is 0 Å². The molecule has 1 aromatic rings. The fraction of sp³-hybridized carbons (Fsp3) is 0.200. The van der Waals surface area contributed by atoms with E-state index in [0.717, 1.165) is 23.8 Å². The van der Waals surface area contributed by atoms with Gasteiger partial charge in [0.2, 0.25) is 0 Å². The summed E-state index contributed by atoms with van der Waals surface area (Å²) in [7, 11) is 0. The molecule has 1 rings (SSSR count). The van der Waals surface area contributed by atoms with Crippen LogP contribution in [0.5, 0.6) is 0 Å². The van der Waals surface area contributed by atoms with Gasteiger partial charge in [-0.3, -0.25) is 4.98 Å². The maximum absolute atomic E-state index is 10.1. The minimum absolute atomic E-state index is 0.535. The van der Waals surface area contributed by atoms with Crippen LogP contribution in [-0.4, -0.2) is 11.3 Å². The minimum atomic E-state index is 0.535. The summed E-state index contributed by atoms with van der Waals surface area (Å²) in [5.41, 5.74) is 1.98. The van der Waals surface area contributed by atoms with Gasteiger partial charge in [-0.1, -0.05) is 12.6 Å². The Morgan fingerprint density at radius 1 is 1.67 bits per heavy atom. The fourth-order valence-corrected chi connectivity index (χ4v) is 0.949. The summed E-state index contributed by atoms with van der Waals surface area (Å²) in [6, 6.07) is 3.81. The van der Waals surface area contributed by atoms with E-state index in [2.05, 4.69) is 11.6 Å². The number of pyridine rings is 1. The first-order valence-corrected chi connectivity index (χ1v) is 3.86. The normalized spacial score (nSPS) is 9.33. The Labute approximate surface area is 71.9 Å². The first-order chi connectivity index (χ1) is 5.84. The van der Waals surface area contributed by atoms with Crippen molar-refractivity contribution < 1.29 is 4.79 Å². The number of rotatable bonds is 4. The molecule has 2 nitrogen and oxygen atoms in total. The molecule has 12 heavy (non-hydrogen) atoms. The molecule has 0 aliphatic heterocycles. The second-order valence-corrected chi connectivity index (χ2v) is 2.55. The van der Waals surface area contributed by atoms with Crippen LogP contribution in [0.15, 0.2) is 31.1 Å². The topological polar surface area (TPSA) is 30.0 Å². The lowest BCUT2D eigenvalue weighted by molar-refractivity contribution is -0.107. The molecule has 0 aromatic carbocycles. The summed E-state index contributed by atoms with van der Waals surface area (Å²) < 4.78 is 0. The van der Waals surface area contributed by atoms with E-state index in [1.165, 1.54) is 0 Å². The van der Waals surface area contributed by atoms with Crippen molar-refractivity contribution in [1.82, 2.24) is 4.98 Å². The summed E-state index contributed by atoms with van der Waals surface area (Å²) in [6.45, 7) is 3.86. The molecular formula is C10H11NO. The first-order valence-electron chi connectivity index (χ1n) is 3.86. The third-order valence-electron chi connectivity index (χ3n) is 1.63. The standard InChI is InChI=1S/C10H11NO/c1-9(4-3-7-12)10-5-2-6-11-8-10/h2,5-8H,1,3-4H2. The maximum Gasteiger partial charge on any atom is 0.120 e. The van der Waals surface area contributed by atoms with E-state index in [-0.39, 0.29) is 0 Å². The number of nitrogens with zero attached hydrogens (tertiary/aromatic N) is 1. The van der Waals surface area contributed by atoms with Crippen LogP contribution in [0.25, 0.3) is 5.57 Å². The van der Waals surface area contributed by atoms with Crippen LogP contribution in [0, 0.1) is 0 Å². The third kappa shape index (κ3) is 2.31. The number of hydrogen-bond donors (Lipinski definition) is 0. The average Bonchev–Trinajstić information content (AvgIpc) is 2.15. The number of carbonyl (C=O) groups excluding carboxylic acids is 1. The Morgan fingerprint density at radius 3 is 3.08 bits per heavy atom. The van der Waals surface area contributed by atoms with Crippen LogP contribution < -0.4 is 0 Å². The highest BCUT2D eigenvalue weighted by molar-refractivity contribution is 5.65. The smallest absolute Gasteiger partial charge is 0.120 e. The molecule has 0 radical (unpaired) electrons. The molecule has 62 valence electrons. The second kappa shape index (κ2) is 4.44. The molecule has 0 aliphatic rings. The lowest BCUT2D eigenvalue weighted by atomic mass is 10.1.